The summed E-state index contributed by atoms with van der Waals surface area (Å²) in [6.45, 7) is 8.06. The van der Waals surface area contributed by atoms with E-state index in [9.17, 15) is 18.0 Å². The smallest absolute Gasteiger partial charge is 0.246 e. The maximum Gasteiger partial charge on any atom is 0.246 e. The first kappa shape index (κ1) is 20.3. The van der Waals surface area contributed by atoms with Gasteiger partial charge in [-0.2, -0.15) is 0 Å². The van der Waals surface area contributed by atoms with Gasteiger partial charge in [-0.1, -0.05) is 19.9 Å². The van der Waals surface area contributed by atoms with Crippen LogP contribution >= 0.6 is 0 Å². The van der Waals surface area contributed by atoms with Crippen molar-refractivity contribution in [2.45, 2.75) is 32.4 Å². The van der Waals surface area contributed by atoms with Gasteiger partial charge in [0.25, 0.3) is 0 Å². The molecule has 3 aliphatic heterocycles. The lowest BCUT2D eigenvalue weighted by Gasteiger charge is -2.28. The van der Waals surface area contributed by atoms with Crippen LogP contribution in [0.15, 0.2) is 12.2 Å². The van der Waals surface area contributed by atoms with Crippen molar-refractivity contribution in [3.8, 4) is 0 Å². The molecule has 9 heteroatoms. The lowest BCUT2D eigenvalue weighted by molar-refractivity contribution is -0.131. The molecule has 0 unspecified atom stereocenters. The van der Waals surface area contributed by atoms with Gasteiger partial charge in [-0.05, 0) is 12.3 Å². The SMILES string of the molecule is CC(C)[C@H]1C(=O)N(S(C)(=O)=O)[C@H]2CCN(C(=O)/C=C/CN3CCOCC3)[C@H]12. The Kier molecular flexibility index (Phi) is 5.93. The van der Waals surface area contributed by atoms with E-state index < -0.39 is 22.0 Å². The minimum absolute atomic E-state index is 0.0394. The average molecular weight is 400 g/mol. The number of carbonyl (C=O) groups excluding carboxylic acids is 2. The highest BCUT2D eigenvalue weighted by molar-refractivity contribution is 7.88. The number of nitrogens with zero attached hydrogens (tertiary/aromatic N) is 3. The van der Waals surface area contributed by atoms with Crippen LogP contribution in [0.1, 0.15) is 20.3 Å². The van der Waals surface area contributed by atoms with Crippen molar-refractivity contribution in [1.29, 1.82) is 0 Å². The predicted molar refractivity (Wildman–Crippen MR) is 100 cm³/mol. The first-order valence-corrected chi connectivity index (χ1v) is 11.4. The van der Waals surface area contributed by atoms with Crippen molar-refractivity contribution in [3.63, 3.8) is 0 Å². The van der Waals surface area contributed by atoms with Gasteiger partial charge in [0.1, 0.15) is 0 Å². The maximum absolute atomic E-state index is 12.8. The number of morpholine rings is 1. The summed E-state index contributed by atoms with van der Waals surface area (Å²) >= 11 is 0. The normalized spacial score (nSPS) is 29.9. The molecule has 8 nitrogen and oxygen atoms in total. The number of hydrogen-bond acceptors (Lipinski definition) is 6. The van der Waals surface area contributed by atoms with Crippen LogP contribution in [0.3, 0.4) is 0 Å². The molecule has 3 saturated heterocycles. The summed E-state index contributed by atoms with van der Waals surface area (Å²) in [5.41, 5.74) is 0. The third-order valence-electron chi connectivity index (χ3n) is 5.68. The second-order valence-corrected chi connectivity index (χ2v) is 9.72. The Morgan fingerprint density at radius 2 is 1.93 bits per heavy atom. The van der Waals surface area contributed by atoms with Crippen LogP contribution in [0.5, 0.6) is 0 Å². The van der Waals surface area contributed by atoms with E-state index in [0.29, 0.717) is 32.7 Å². The minimum atomic E-state index is -3.64. The van der Waals surface area contributed by atoms with Gasteiger partial charge in [0.2, 0.25) is 21.8 Å². The van der Waals surface area contributed by atoms with Gasteiger partial charge < -0.3 is 9.64 Å². The largest absolute Gasteiger partial charge is 0.379 e. The number of rotatable bonds is 5. The van der Waals surface area contributed by atoms with Gasteiger partial charge in [0, 0.05) is 32.3 Å². The molecule has 0 N–H and O–H groups in total. The summed E-state index contributed by atoms with van der Waals surface area (Å²) in [5, 5.41) is 0. The Hall–Kier alpha value is -1.45. The highest BCUT2D eigenvalue weighted by Gasteiger charge is 2.58. The molecule has 0 spiro atoms. The molecular formula is C18H29N3O5S. The summed E-state index contributed by atoms with van der Waals surface area (Å²) in [6.07, 6.45) is 4.96. The van der Waals surface area contributed by atoms with Crippen LogP contribution in [0.25, 0.3) is 0 Å². The molecule has 0 saturated carbocycles. The van der Waals surface area contributed by atoms with Crippen LogP contribution in [-0.4, -0.2) is 92.1 Å². The van der Waals surface area contributed by atoms with Crippen molar-refractivity contribution in [2.24, 2.45) is 11.8 Å². The maximum atomic E-state index is 12.8. The average Bonchev–Trinajstić information content (AvgIpc) is 3.11. The molecule has 0 bridgehead atoms. The quantitative estimate of drug-likeness (QED) is 0.601. The van der Waals surface area contributed by atoms with Crippen LogP contribution < -0.4 is 0 Å². The van der Waals surface area contributed by atoms with E-state index in [0.717, 1.165) is 23.7 Å². The molecule has 27 heavy (non-hydrogen) atoms. The fourth-order valence-corrected chi connectivity index (χ4v) is 5.64. The zero-order valence-corrected chi connectivity index (χ0v) is 17.0. The zero-order chi connectivity index (χ0) is 19.8. The number of ether oxygens (including phenoxy) is 1. The number of likely N-dealkylation sites (tertiary alicyclic amines) is 1. The fraction of sp³-hybridized carbons (Fsp3) is 0.778. The van der Waals surface area contributed by atoms with E-state index in [-0.39, 0.29) is 23.8 Å². The molecule has 3 rings (SSSR count). The van der Waals surface area contributed by atoms with Crippen molar-refractivity contribution < 1.29 is 22.7 Å². The van der Waals surface area contributed by atoms with Gasteiger partial charge in [-0.25, -0.2) is 12.7 Å². The van der Waals surface area contributed by atoms with Crippen LogP contribution in [0, 0.1) is 11.8 Å². The number of amides is 2. The first-order valence-electron chi connectivity index (χ1n) is 9.52. The third kappa shape index (κ3) is 4.05. The highest BCUT2D eigenvalue weighted by Crippen LogP contribution is 2.41. The molecule has 152 valence electrons. The van der Waals surface area contributed by atoms with Crippen LogP contribution in [0.2, 0.25) is 0 Å². The molecule has 3 aliphatic rings. The highest BCUT2D eigenvalue weighted by atomic mass is 32.2. The van der Waals surface area contributed by atoms with Crippen LogP contribution in [-0.2, 0) is 24.3 Å². The van der Waals surface area contributed by atoms with Gasteiger partial charge in [-0.15, -0.1) is 0 Å². The van der Waals surface area contributed by atoms with E-state index in [2.05, 4.69) is 4.90 Å². The van der Waals surface area contributed by atoms with E-state index >= 15 is 0 Å². The Morgan fingerprint density at radius 1 is 1.26 bits per heavy atom. The molecule has 0 radical (unpaired) electrons. The Labute approximate surface area is 161 Å². The Morgan fingerprint density at radius 3 is 2.52 bits per heavy atom. The summed E-state index contributed by atoms with van der Waals surface area (Å²) in [6, 6.07) is -0.829. The molecule has 3 heterocycles. The van der Waals surface area contributed by atoms with Gasteiger partial charge in [0.15, 0.2) is 0 Å². The second kappa shape index (κ2) is 7.89. The molecule has 0 aromatic heterocycles. The lowest BCUT2D eigenvalue weighted by atomic mass is 9.88. The van der Waals surface area contributed by atoms with E-state index in [4.69, 9.17) is 4.74 Å². The number of carbonyl (C=O) groups is 2. The summed E-state index contributed by atoms with van der Waals surface area (Å²) < 4.78 is 30.6. The minimum Gasteiger partial charge on any atom is -0.379 e. The standard InChI is InChI=1S/C18H29N3O5S/c1-13(2)16-17-14(21(18(16)23)27(3,24)25)6-8-20(17)15(22)5-4-7-19-9-11-26-12-10-19/h4-5,13-14,16-17H,6-12H2,1-3H3/b5-4+/t14-,16+,17-/m0/s1. The summed E-state index contributed by atoms with van der Waals surface area (Å²) in [4.78, 5) is 29.4. The van der Waals surface area contributed by atoms with Crippen molar-refractivity contribution in [1.82, 2.24) is 14.1 Å². The molecule has 3 atom stereocenters. The second-order valence-electron chi connectivity index (χ2n) is 7.86. The Balaban J connectivity index is 1.73. The van der Waals surface area contributed by atoms with E-state index in [1.54, 1.807) is 11.0 Å². The van der Waals surface area contributed by atoms with Crippen molar-refractivity contribution >= 4 is 21.8 Å². The lowest BCUT2D eigenvalue weighted by Crippen LogP contribution is -2.43. The Bertz CT molecular complexity index is 715. The molecular weight excluding hydrogens is 370 g/mol. The molecule has 0 aromatic carbocycles. The van der Waals surface area contributed by atoms with Gasteiger partial charge in [0.05, 0.1) is 37.5 Å². The van der Waals surface area contributed by atoms with Crippen molar-refractivity contribution in [3.05, 3.63) is 12.2 Å². The predicted octanol–water partition coefficient (Wildman–Crippen LogP) is -0.0817. The third-order valence-corrected chi connectivity index (χ3v) is 6.84. The number of fused-ring (bicyclic) bond motifs is 1. The molecule has 0 aromatic rings. The summed E-state index contributed by atoms with van der Waals surface area (Å²) in [7, 11) is -3.64. The fourth-order valence-electron chi connectivity index (χ4n) is 4.47. The topological polar surface area (TPSA) is 87.2 Å². The van der Waals surface area contributed by atoms with Gasteiger partial charge in [-0.3, -0.25) is 14.5 Å². The number of sulfonamides is 1. The monoisotopic (exact) mass is 399 g/mol. The molecule has 2 amide bonds. The summed E-state index contributed by atoms with van der Waals surface area (Å²) in [5.74, 6) is -1.05. The molecule has 0 aliphatic carbocycles. The molecule has 3 fully saturated rings. The van der Waals surface area contributed by atoms with Gasteiger partial charge >= 0.3 is 0 Å². The van der Waals surface area contributed by atoms with Crippen LogP contribution in [0.4, 0.5) is 0 Å². The van der Waals surface area contributed by atoms with Crippen molar-refractivity contribution in [2.75, 3.05) is 45.6 Å². The number of hydrogen-bond donors (Lipinski definition) is 0. The van der Waals surface area contributed by atoms with E-state index in [1.165, 1.54) is 0 Å². The zero-order valence-electron chi connectivity index (χ0n) is 16.2. The first-order chi connectivity index (χ1) is 12.7. The van der Waals surface area contributed by atoms with E-state index in [1.807, 2.05) is 19.9 Å².